The van der Waals surface area contributed by atoms with E-state index in [-0.39, 0.29) is 28.6 Å². The Kier molecular flexibility index (Phi) is 6.66. The Balaban J connectivity index is 2.07. The predicted octanol–water partition coefficient (Wildman–Crippen LogP) is 3.20. The van der Waals surface area contributed by atoms with Crippen molar-refractivity contribution in [1.82, 2.24) is 0 Å². The van der Waals surface area contributed by atoms with E-state index in [0.29, 0.717) is 5.69 Å². The maximum atomic E-state index is 12.5. The number of esters is 1. The first-order valence-corrected chi connectivity index (χ1v) is 8.80. The molecule has 1 unspecified atom stereocenters. The van der Waals surface area contributed by atoms with Gasteiger partial charge in [0.1, 0.15) is 5.69 Å². The molecular weight excluding hydrogens is 378 g/mol. The number of amides is 1. The van der Waals surface area contributed by atoms with Crippen molar-refractivity contribution in [2.24, 2.45) is 5.92 Å². The highest BCUT2D eigenvalue weighted by Crippen LogP contribution is 2.23. The van der Waals surface area contributed by atoms with Crippen LogP contribution < -0.4 is 11.1 Å². The van der Waals surface area contributed by atoms with Crippen molar-refractivity contribution in [3.05, 3.63) is 63.7 Å². The number of Topliss-reactive ketones (excluding diaryl/α,β-unsaturated/α-hetero) is 1. The van der Waals surface area contributed by atoms with Crippen molar-refractivity contribution >= 4 is 34.7 Å². The van der Waals surface area contributed by atoms with Gasteiger partial charge in [0.2, 0.25) is 11.7 Å². The Hall–Kier alpha value is -3.75. The number of carbonyl (C=O) groups excluding carboxylic acids is 3. The Labute approximate surface area is 167 Å². The molecule has 0 saturated carbocycles. The van der Waals surface area contributed by atoms with Crippen LogP contribution in [-0.2, 0) is 9.53 Å². The van der Waals surface area contributed by atoms with Gasteiger partial charge >= 0.3 is 5.97 Å². The van der Waals surface area contributed by atoms with Crippen molar-refractivity contribution in [3.63, 3.8) is 0 Å². The number of nitro groups is 1. The lowest BCUT2D eigenvalue weighted by Crippen LogP contribution is -2.24. The molecule has 152 valence electrons. The van der Waals surface area contributed by atoms with E-state index < -0.39 is 28.5 Å². The molecule has 3 N–H and O–H groups in total. The minimum Gasteiger partial charge on any atom is -0.451 e. The summed E-state index contributed by atoms with van der Waals surface area (Å²) in [6.07, 6.45) is -1.12. The number of hydrogen-bond donors (Lipinski definition) is 2. The third-order valence-electron chi connectivity index (χ3n) is 4.08. The maximum Gasteiger partial charge on any atom is 0.339 e. The first-order valence-electron chi connectivity index (χ1n) is 8.80. The molecule has 0 aromatic heterocycles. The fourth-order valence-corrected chi connectivity index (χ4v) is 2.35. The largest absolute Gasteiger partial charge is 0.451 e. The normalized spacial score (nSPS) is 11.6. The van der Waals surface area contributed by atoms with Crippen molar-refractivity contribution < 1.29 is 24.0 Å². The average Bonchev–Trinajstić information content (AvgIpc) is 2.67. The van der Waals surface area contributed by atoms with Crippen LogP contribution >= 0.6 is 0 Å². The molecule has 2 aromatic rings. The summed E-state index contributed by atoms with van der Waals surface area (Å²) in [7, 11) is 0. The molecule has 0 aliphatic heterocycles. The van der Waals surface area contributed by atoms with Crippen LogP contribution in [-0.4, -0.2) is 28.7 Å². The van der Waals surface area contributed by atoms with Gasteiger partial charge in [-0.15, -0.1) is 0 Å². The van der Waals surface area contributed by atoms with Gasteiger partial charge in [-0.2, -0.15) is 0 Å². The molecule has 0 bridgehead atoms. The number of anilines is 2. The number of nitrogens with one attached hydrogen (secondary N) is 1. The summed E-state index contributed by atoms with van der Waals surface area (Å²) in [4.78, 5) is 46.6. The van der Waals surface area contributed by atoms with E-state index in [9.17, 15) is 24.5 Å². The van der Waals surface area contributed by atoms with Gasteiger partial charge in [-0.3, -0.25) is 19.7 Å². The SMILES string of the molecule is CC(C)C(=O)Nc1ccc(C(=O)C(C)OC(=O)c2ccc(N)c([N+](=O)[O-])c2)cc1. The van der Waals surface area contributed by atoms with Gasteiger partial charge in [0.05, 0.1) is 10.5 Å². The molecule has 0 saturated heterocycles. The lowest BCUT2D eigenvalue weighted by Gasteiger charge is -2.13. The van der Waals surface area contributed by atoms with Gasteiger partial charge < -0.3 is 15.8 Å². The van der Waals surface area contributed by atoms with Crippen LogP contribution in [0.3, 0.4) is 0 Å². The first-order chi connectivity index (χ1) is 13.6. The number of rotatable bonds is 7. The minimum absolute atomic E-state index is 0.0830. The molecule has 0 fully saturated rings. The van der Waals surface area contributed by atoms with Gasteiger partial charge in [-0.25, -0.2) is 4.79 Å². The number of ketones is 1. The Morgan fingerprint density at radius 2 is 1.62 bits per heavy atom. The Morgan fingerprint density at radius 3 is 2.17 bits per heavy atom. The molecule has 2 aromatic carbocycles. The molecule has 1 amide bonds. The molecule has 0 radical (unpaired) electrons. The minimum atomic E-state index is -1.12. The summed E-state index contributed by atoms with van der Waals surface area (Å²) < 4.78 is 5.13. The quantitative estimate of drug-likeness (QED) is 0.239. The van der Waals surface area contributed by atoms with E-state index in [4.69, 9.17) is 10.5 Å². The van der Waals surface area contributed by atoms with E-state index in [1.54, 1.807) is 26.0 Å². The van der Waals surface area contributed by atoms with Crippen LogP contribution in [0.4, 0.5) is 17.1 Å². The average molecular weight is 399 g/mol. The summed E-state index contributed by atoms with van der Waals surface area (Å²) in [5.74, 6) is -1.66. The van der Waals surface area contributed by atoms with Gasteiger partial charge in [-0.05, 0) is 43.3 Å². The number of ether oxygens (including phenoxy) is 1. The smallest absolute Gasteiger partial charge is 0.339 e. The van der Waals surface area contributed by atoms with Crippen LogP contribution in [0.2, 0.25) is 0 Å². The third kappa shape index (κ3) is 5.38. The highest BCUT2D eigenvalue weighted by molar-refractivity contribution is 6.02. The molecule has 0 spiro atoms. The molecule has 29 heavy (non-hydrogen) atoms. The summed E-state index contributed by atoms with van der Waals surface area (Å²) in [6.45, 7) is 4.93. The van der Waals surface area contributed by atoms with Crippen molar-refractivity contribution in [2.75, 3.05) is 11.1 Å². The lowest BCUT2D eigenvalue weighted by atomic mass is 10.1. The van der Waals surface area contributed by atoms with Gasteiger partial charge in [0.25, 0.3) is 5.69 Å². The number of nitro benzene ring substituents is 1. The van der Waals surface area contributed by atoms with Crippen LogP contribution in [0.25, 0.3) is 0 Å². The fraction of sp³-hybridized carbons (Fsp3) is 0.250. The van der Waals surface area contributed by atoms with E-state index >= 15 is 0 Å². The molecule has 9 heteroatoms. The van der Waals surface area contributed by atoms with E-state index in [2.05, 4.69) is 5.32 Å². The summed E-state index contributed by atoms with van der Waals surface area (Å²) >= 11 is 0. The molecule has 2 rings (SSSR count). The number of nitrogens with zero attached hydrogens (tertiary/aromatic N) is 1. The predicted molar refractivity (Wildman–Crippen MR) is 107 cm³/mol. The van der Waals surface area contributed by atoms with Crippen LogP contribution in [0.15, 0.2) is 42.5 Å². The Morgan fingerprint density at radius 1 is 1.03 bits per heavy atom. The number of benzene rings is 2. The molecule has 0 heterocycles. The monoisotopic (exact) mass is 399 g/mol. The molecule has 9 nitrogen and oxygen atoms in total. The maximum absolute atomic E-state index is 12.5. The van der Waals surface area contributed by atoms with Crippen LogP contribution in [0, 0.1) is 16.0 Å². The highest BCUT2D eigenvalue weighted by atomic mass is 16.6. The van der Waals surface area contributed by atoms with Gasteiger partial charge in [0.15, 0.2) is 6.10 Å². The second-order valence-corrected chi connectivity index (χ2v) is 6.66. The summed E-state index contributed by atoms with van der Waals surface area (Å²) in [6, 6.07) is 9.69. The Bertz CT molecular complexity index is 953. The lowest BCUT2D eigenvalue weighted by molar-refractivity contribution is -0.383. The molecule has 0 aliphatic rings. The summed E-state index contributed by atoms with van der Waals surface area (Å²) in [5, 5.41) is 13.6. The van der Waals surface area contributed by atoms with Crippen LogP contribution in [0.5, 0.6) is 0 Å². The van der Waals surface area contributed by atoms with Crippen molar-refractivity contribution in [2.45, 2.75) is 26.9 Å². The number of nitrogen functional groups attached to an aromatic ring is 1. The number of nitrogens with two attached hydrogens (primary N) is 1. The second-order valence-electron chi connectivity index (χ2n) is 6.66. The topological polar surface area (TPSA) is 142 Å². The first kappa shape index (κ1) is 21.5. The van der Waals surface area contributed by atoms with E-state index in [1.165, 1.54) is 31.2 Å². The molecule has 0 aliphatic carbocycles. The highest BCUT2D eigenvalue weighted by Gasteiger charge is 2.22. The standard InChI is InChI=1S/C20H21N3O6/c1-11(2)19(25)22-15-7-4-13(5-8-15)18(24)12(3)29-20(26)14-6-9-16(21)17(10-14)23(27)28/h4-12H,21H2,1-3H3,(H,22,25). The molecular formula is C20H21N3O6. The number of hydrogen-bond acceptors (Lipinski definition) is 7. The second kappa shape index (κ2) is 8.96. The zero-order valence-electron chi connectivity index (χ0n) is 16.2. The van der Waals surface area contributed by atoms with Gasteiger partial charge in [-0.1, -0.05) is 13.8 Å². The van der Waals surface area contributed by atoms with E-state index in [1.807, 2.05) is 0 Å². The summed E-state index contributed by atoms with van der Waals surface area (Å²) in [5.41, 5.74) is 5.74. The zero-order valence-corrected chi connectivity index (χ0v) is 16.2. The third-order valence-corrected chi connectivity index (χ3v) is 4.08. The number of carbonyl (C=O) groups is 3. The van der Waals surface area contributed by atoms with Crippen LogP contribution in [0.1, 0.15) is 41.5 Å². The van der Waals surface area contributed by atoms with Gasteiger partial charge in [0, 0.05) is 23.2 Å². The zero-order chi connectivity index (χ0) is 21.7. The van der Waals surface area contributed by atoms with Crippen molar-refractivity contribution in [1.29, 1.82) is 0 Å². The molecule has 1 atom stereocenters. The fourth-order valence-electron chi connectivity index (χ4n) is 2.35. The van der Waals surface area contributed by atoms with E-state index in [0.717, 1.165) is 6.07 Å². The van der Waals surface area contributed by atoms with Crippen molar-refractivity contribution in [3.8, 4) is 0 Å².